The van der Waals surface area contributed by atoms with Crippen LogP contribution in [0.3, 0.4) is 0 Å². The molecule has 0 bridgehead atoms. The van der Waals surface area contributed by atoms with E-state index in [4.69, 9.17) is 0 Å². The van der Waals surface area contributed by atoms with Gasteiger partial charge in [-0.25, -0.2) is 26.3 Å². The van der Waals surface area contributed by atoms with Crippen LogP contribution in [0.5, 0.6) is 5.75 Å². The highest BCUT2D eigenvalue weighted by molar-refractivity contribution is 5.71. The molecule has 0 unspecified atom stereocenters. The van der Waals surface area contributed by atoms with Crippen molar-refractivity contribution in [1.29, 1.82) is 0 Å². The Labute approximate surface area is 263 Å². The van der Waals surface area contributed by atoms with Gasteiger partial charge in [0.05, 0.1) is 5.56 Å². The third-order valence-electron chi connectivity index (χ3n) is 8.84. The second kappa shape index (κ2) is 14.3. The number of hydrogen-bond acceptors (Lipinski definition) is 1. The Hall–Kier alpha value is -3.88. The maximum Gasteiger partial charge on any atom is 0.432 e. The van der Waals surface area contributed by atoms with Crippen LogP contribution in [0, 0.1) is 29.2 Å². The third-order valence-corrected chi connectivity index (χ3v) is 8.84. The van der Waals surface area contributed by atoms with E-state index in [1.54, 1.807) is 6.07 Å². The van der Waals surface area contributed by atoms with E-state index < -0.39 is 52.7 Å². The van der Waals surface area contributed by atoms with Crippen molar-refractivity contribution in [2.45, 2.75) is 76.7 Å². The summed E-state index contributed by atoms with van der Waals surface area (Å²) in [6, 6.07) is 14.6. The summed E-state index contributed by atoms with van der Waals surface area (Å²) in [6.45, 7) is 2.22. The van der Waals surface area contributed by atoms with Gasteiger partial charge in [0.15, 0.2) is 0 Å². The van der Waals surface area contributed by atoms with Crippen LogP contribution < -0.4 is 4.74 Å². The molecule has 0 spiro atoms. The fourth-order valence-electron chi connectivity index (χ4n) is 6.30. The SMILES string of the molecule is CCCCCC1CCC(c2ccc(-c3ccc(-c4cc(F)c(C(F)(F)Oc5ccc(C(F)F)c(F)c5)c(F)c4)c(F)c3)cc2)CC1. The zero-order chi connectivity index (χ0) is 33.0. The summed E-state index contributed by atoms with van der Waals surface area (Å²) in [5.41, 5.74) is -0.847. The molecular weight excluding hydrogens is 612 g/mol. The Kier molecular flexibility index (Phi) is 10.4. The van der Waals surface area contributed by atoms with Crippen LogP contribution >= 0.6 is 0 Å². The summed E-state index contributed by atoms with van der Waals surface area (Å²) in [4.78, 5) is 0. The van der Waals surface area contributed by atoms with Gasteiger partial charge in [-0.05, 0) is 90.1 Å². The molecule has 4 aromatic carbocycles. The minimum absolute atomic E-state index is 0.214. The van der Waals surface area contributed by atoms with Crippen LogP contribution in [0.2, 0.25) is 0 Å². The topological polar surface area (TPSA) is 9.23 Å². The molecule has 0 aromatic heterocycles. The summed E-state index contributed by atoms with van der Waals surface area (Å²) in [6.07, 6.45) is 2.02. The number of rotatable bonds is 11. The zero-order valence-electron chi connectivity index (χ0n) is 25.2. The monoisotopic (exact) mass is 646 g/mol. The van der Waals surface area contributed by atoms with E-state index in [1.807, 2.05) is 12.1 Å². The van der Waals surface area contributed by atoms with Crippen molar-refractivity contribution < 1.29 is 39.9 Å². The normalized spacial score (nSPS) is 17.0. The predicted molar refractivity (Wildman–Crippen MR) is 162 cm³/mol. The van der Waals surface area contributed by atoms with Crippen LogP contribution in [-0.2, 0) is 6.11 Å². The Bertz CT molecular complexity index is 1620. The Morgan fingerprint density at radius 3 is 1.91 bits per heavy atom. The van der Waals surface area contributed by atoms with Crippen LogP contribution in [0.1, 0.15) is 87.3 Å². The van der Waals surface area contributed by atoms with E-state index in [2.05, 4.69) is 23.8 Å². The Morgan fingerprint density at radius 1 is 0.696 bits per heavy atom. The minimum Gasteiger partial charge on any atom is -0.429 e. The van der Waals surface area contributed by atoms with E-state index in [1.165, 1.54) is 56.2 Å². The maximum atomic E-state index is 15.2. The Balaban J connectivity index is 1.29. The van der Waals surface area contributed by atoms with Crippen molar-refractivity contribution in [1.82, 2.24) is 0 Å². The molecule has 244 valence electrons. The van der Waals surface area contributed by atoms with Gasteiger partial charge in [0, 0.05) is 11.6 Å². The molecule has 0 atom stereocenters. The van der Waals surface area contributed by atoms with Gasteiger partial charge in [-0.2, -0.15) is 8.78 Å². The van der Waals surface area contributed by atoms with Gasteiger partial charge < -0.3 is 4.74 Å². The first-order valence-electron chi connectivity index (χ1n) is 15.5. The molecule has 1 aliphatic carbocycles. The molecule has 46 heavy (non-hydrogen) atoms. The van der Waals surface area contributed by atoms with Gasteiger partial charge in [0.1, 0.15) is 34.6 Å². The largest absolute Gasteiger partial charge is 0.432 e. The number of ether oxygens (including phenoxy) is 1. The van der Waals surface area contributed by atoms with Crippen molar-refractivity contribution in [3.63, 3.8) is 0 Å². The lowest BCUT2D eigenvalue weighted by Gasteiger charge is -2.29. The van der Waals surface area contributed by atoms with Crippen molar-refractivity contribution >= 4 is 0 Å². The van der Waals surface area contributed by atoms with Crippen molar-refractivity contribution in [2.75, 3.05) is 0 Å². The van der Waals surface area contributed by atoms with Gasteiger partial charge in [0.25, 0.3) is 6.43 Å². The molecule has 0 aliphatic heterocycles. The molecule has 1 saturated carbocycles. The minimum atomic E-state index is -4.64. The second-order valence-corrected chi connectivity index (χ2v) is 11.9. The predicted octanol–water partition coefficient (Wildman–Crippen LogP) is 12.5. The maximum absolute atomic E-state index is 15.2. The number of alkyl halides is 4. The molecule has 1 fully saturated rings. The van der Waals surface area contributed by atoms with E-state index in [9.17, 15) is 30.7 Å². The summed E-state index contributed by atoms with van der Waals surface area (Å²) in [5.74, 6) is -5.44. The number of hydrogen-bond donors (Lipinski definition) is 0. The van der Waals surface area contributed by atoms with Crippen molar-refractivity contribution in [3.05, 3.63) is 113 Å². The van der Waals surface area contributed by atoms with Crippen LogP contribution in [0.25, 0.3) is 22.3 Å². The molecule has 1 nitrogen and oxygen atoms in total. The molecule has 5 rings (SSSR count). The average molecular weight is 647 g/mol. The first-order valence-corrected chi connectivity index (χ1v) is 15.5. The molecule has 0 N–H and O–H groups in total. The van der Waals surface area contributed by atoms with Gasteiger partial charge in [-0.1, -0.05) is 69.0 Å². The lowest BCUT2D eigenvalue weighted by Crippen LogP contribution is -2.25. The molecule has 0 radical (unpaired) electrons. The zero-order valence-corrected chi connectivity index (χ0v) is 25.2. The molecule has 4 aromatic rings. The highest BCUT2D eigenvalue weighted by atomic mass is 19.3. The molecule has 1 aliphatic rings. The number of halogens is 8. The van der Waals surface area contributed by atoms with Gasteiger partial charge >= 0.3 is 6.11 Å². The van der Waals surface area contributed by atoms with Gasteiger partial charge in [-0.3, -0.25) is 0 Å². The van der Waals surface area contributed by atoms with E-state index in [0.29, 0.717) is 35.7 Å². The van der Waals surface area contributed by atoms with Crippen molar-refractivity contribution in [3.8, 4) is 28.0 Å². The number of benzene rings is 4. The van der Waals surface area contributed by atoms with E-state index in [0.717, 1.165) is 24.3 Å². The standard InChI is InChI=1S/C37H34F8O/c1-2-3-4-5-22-6-8-23(9-7-22)24-10-12-25(13-11-24)26-14-16-29(31(38)18-26)27-19-33(40)35(34(41)20-27)37(44,45)46-28-15-17-30(36(42)43)32(39)21-28/h10-23,36H,2-9H2,1H3. The second-order valence-electron chi connectivity index (χ2n) is 11.9. The van der Waals surface area contributed by atoms with Crippen molar-refractivity contribution in [2.24, 2.45) is 5.92 Å². The number of unbranched alkanes of at least 4 members (excludes halogenated alkanes) is 2. The van der Waals surface area contributed by atoms with Crippen LogP contribution in [-0.4, -0.2) is 0 Å². The van der Waals surface area contributed by atoms with E-state index >= 15 is 4.39 Å². The summed E-state index contributed by atoms with van der Waals surface area (Å²) in [7, 11) is 0. The third kappa shape index (κ3) is 7.56. The fourth-order valence-corrected chi connectivity index (χ4v) is 6.30. The van der Waals surface area contributed by atoms with Crippen LogP contribution in [0.15, 0.2) is 72.8 Å². The smallest absolute Gasteiger partial charge is 0.429 e. The highest BCUT2D eigenvalue weighted by Crippen LogP contribution is 2.40. The van der Waals surface area contributed by atoms with E-state index in [-0.39, 0.29) is 17.2 Å². The summed E-state index contributed by atoms with van der Waals surface area (Å²) in [5, 5.41) is 0. The molecular formula is C37H34F8O. The molecule has 0 amide bonds. The lowest BCUT2D eigenvalue weighted by molar-refractivity contribution is -0.189. The average Bonchev–Trinajstić information content (AvgIpc) is 3.00. The van der Waals surface area contributed by atoms with Gasteiger partial charge in [0.2, 0.25) is 0 Å². The fraction of sp³-hybridized carbons (Fsp3) is 0.351. The first kappa shape index (κ1) is 33.5. The quantitative estimate of drug-likeness (QED) is 0.116. The lowest BCUT2D eigenvalue weighted by atomic mass is 9.77. The van der Waals surface area contributed by atoms with Gasteiger partial charge in [-0.15, -0.1) is 0 Å². The Morgan fingerprint density at radius 2 is 1.33 bits per heavy atom. The summed E-state index contributed by atoms with van der Waals surface area (Å²) >= 11 is 0. The molecule has 9 heteroatoms. The molecule has 0 saturated heterocycles. The highest BCUT2D eigenvalue weighted by Gasteiger charge is 2.41. The van der Waals surface area contributed by atoms with Crippen LogP contribution in [0.4, 0.5) is 35.1 Å². The summed E-state index contributed by atoms with van der Waals surface area (Å²) < 4.78 is 118. The molecule has 0 heterocycles. The first-order chi connectivity index (χ1) is 22.0.